The van der Waals surface area contributed by atoms with Crippen molar-refractivity contribution in [1.29, 1.82) is 0 Å². The van der Waals surface area contributed by atoms with Crippen LogP contribution in [0.2, 0.25) is 0 Å². The Bertz CT molecular complexity index is 624. The predicted octanol–water partition coefficient (Wildman–Crippen LogP) is 3.79. The second-order valence-corrected chi connectivity index (χ2v) is 5.86. The standard InChI is InChI=1S/C17H22N2O/c1-12-5-4-8-19(11-12)17-9-13(2)18-16-7-6-14(20-3)10-15(16)17/h6-7,9-10,12H,4-5,8,11H2,1-3H3. The molecule has 0 amide bonds. The number of fused-ring (bicyclic) bond motifs is 1. The van der Waals surface area contributed by atoms with E-state index in [-0.39, 0.29) is 0 Å². The maximum Gasteiger partial charge on any atom is 0.119 e. The van der Waals surface area contributed by atoms with Crippen LogP contribution in [0.1, 0.15) is 25.5 Å². The van der Waals surface area contributed by atoms with Crippen LogP contribution in [0, 0.1) is 12.8 Å². The molecule has 106 valence electrons. The lowest BCUT2D eigenvalue weighted by Crippen LogP contribution is -2.34. The molecule has 2 heterocycles. The SMILES string of the molecule is COc1ccc2nc(C)cc(N3CCCC(C)C3)c2c1. The van der Waals surface area contributed by atoms with E-state index in [0.717, 1.165) is 36.0 Å². The maximum atomic E-state index is 5.37. The monoisotopic (exact) mass is 270 g/mol. The highest BCUT2D eigenvalue weighted by Gasteiger charge is 2.19. The van der Waals surface area contributed by atoms with E-state index in [1.165, 1.54) is 23.9 Å². The number of benzene rings is 1. The van der Waals surface area contributed by atoms with Crippen molar-refractivity contribution in [2.24, 2.45) is 5.92 Å². The Morgan fingerprint density at radius 1 is 1.30 bits per heavy atom. The number of hydrogen-bond acceptors (Lipinski definition) is 3. The van der Waals surface area contributed by atoms with Crippen molar-refractivity contribution in [2.75, 3.05) is 25.1 Å². The van der Waals surface area contributed by atoms with Crippen LogP contribution in [0.3, 0.4) is 0 Å². The summed E-state index contributed by atoms with van der Waals surface area (Å²) in [5.41, 5.74) is 3.44. The molecule has 1 saturated heterocycles. The molecule has 0 radical (unpaired) electrons. The van der Waals surface area contributed by atoms with Gasteiger partial charge in [-0.2, -0.15) is 0 Å². The highest BCUT2D eigenvalue weighted by Crippen LogP contribution is 2.32. The molecule has 0 N–H and O–H groups in total. The first-order valence-electron chi connectivity index (χ1n) is 7.37. The third kappa shape index (κ3) is 2.45. The summed E-state index contributed by atoms with van der Waals surface area (Å²) in [7, 11) is 1.71. The van der Waals surface area contributed by atoms with Crippen LogP contribution in [0.5, 0.6) is 5.75 Å². The average Bonchev–Trinajstić information content (AvgIpc) is 2.46. The zero-order chi connectivity index (χ0) is 14.1. The van der Waals surface area contributed by atoms with Gasteiger partial charge in [0.15, 0.2) is 0 Å². The first kappa shape index (κ1) is 13.2. The zero-order valence-electron chi connectivity index (χ0n) is 12.5. The molecule has 1 fully saturated rings. The molecule has 1 aromatic carbocycles. The van der Waals surface area contributed by atoms with E-state index < -0.39 is 0 Å². The molecule has 0 aliphatic carbocycles. The second-order valence-electron chi connectivity index (χ2n) is 5.86. The molecular formula is C17H22N2O. The minimum Gasteiger partial charge on any atom is -0.497 e. The van der Waals surface area contributed by atoms with E-state index in [1.54, 1.807) is 7.11 Å². The minimum absolute atomic E-state index is 0.762. The van der Waals surface area contributed by atoms with Crippen molar-refractivity contribution >= 4 is 16.6 Å². The molecular weight excluding hydrogens is 248 g/mol. The summed E-state index contributed by atoms with van der Waals surface area (Å²) >= 11 is 0. The van der Waals surface area contributed by atoms with E-state index in [2.05, 4.69) is 41.9 Å². The molecule has 0 saturated carbocycles. The number of rotatable bonds is 2. The highest BCUT2D eigenvalue weighted by atomic mass is 16.5. The average molecular weight is 270 g/mol. The maximum absolute atomic E-state index is 5.37. The predicted molar refractivity (Wildman–Crippen MR) is 83.6 cm³/mol. The first-order chi connectivity index (χ1) is 9.67. The van der Waals surface area contributed by atoms with E-state index in [4.69, 9.17) is 4.74 Å². The van der Waals surface area contributed by atoms with Gasteiger partial charge < -0.3 is 9.64 Å². The van der Waals surface area contributed by atoms with Gasteiger partial charge in [-0.15, -0.1) is 0 Å². The molecule has 1 aliphatic heterocycles. The number of nitrogens with zero attached hydrogens (tertiary/aromatic N) is 2. The van der Waals surface area contributed by atoms with Crippen LogP contribution >= 0.6 is 0 Å². The Morgan fingerprint density at radius 2 is 2.15 bits per heavy atom. The molecule has 1 aromatic heterocycles. The Morgan fingerprint density at radius 3 is 2.90 bits per heavy atom. The van der Waals surface area contributed by atoms with Crippen molar-refractivity contribution in [3.63, 3.8) is 0 Å². The smallest absolute Gasteiger partial charge is 0.119 e. The lowest BCUT2D eigenvalue weighted by Gasteiger charge is -2.33. The molecule has 0 spiro atoms. The first-order valence-corrected chi connectivity index (χ1v) is 7.37. The van der Waals surface area contributed by atoms with Crippen LogP contribution in [-0.2, 0) is 0 Å². The molecule has 3 heteroatoms. The Labute approximate surface area is 120 Å². The quantitative estimate of drug-likeness (QED) is 0.830. The number of aryl methyl sites for hydroxylation is 1. The Kier molecular flexibility index (Phi) is 3.51. The number of methoxy groups -OCH3 is 1. The van der Waals surface area contributed by atoms with Gasteiger partial charge in [0.05, 0.1) is 12.6 Å². The van der Waals surface area contributed by atoms with Crippen LogP contribution in [0.4, 0.5) is 5.69 Å². The van der Waals surface area contributed by atoms with Gasteiger partial charge in [0.2, 0.25) is 0 Å². The summed E-state index contributed by atoms with van der Waals surface area (Å²) in [4.78, 5) is 7.15. The summed E-state index contributed by atoms with van der Waals surface area (Å²) in [6.45, 7) is 6.68. The topological polar surface area (TPSA) is 25.4 Å². The van der Waals surface area contributed by atoms with Gasteiger partial charge in [-0.25, -0.2) is 0 Å². The number of ether oxygens (including phenoxy) is 1. The second kappa shape index (κ2) is 5.31. The zero-order valence-corrected chi connectivity index (χ0v) is 12.5. The summed E-state index contributed by atoms with van der Waals surface area (Å²) in [5.74, 6) is 1.66. The van der Waals surface area contributed by atoms with Gasteiger partial charge in [-0.05, 0) is 49.9 Å². The van der Waals surface area contributed by atoms with Crippen LogP contribution in [-0.4, -0.2) is 25.2 Å². The Hall–Kier alpha value is -1.77. The molecule has 20 heavy (non-hydrogen) atoms. The van der Waals surface area contributed by atoms with Crippen LogP contribution in [0.25, 0.3) is 10.9 Å². The largest absolute Gasteiger partial charge is 0.497 e. The van der Waals surface area contributed by atoms with E-state index in [1.807, 2.05) is 6.07 Å². The van der Waals surface area contributed by atoms with Gasteiger partial charge in [-0.3, -0.25) is 4.98 Å². The number of piperidine rings is 1. The van der Waals surface area contributed by atoms with Crippen molar-refractivity contribution in [3.8, 4) is 5.75 Å². The van der Waals surface area contributed by atoms with Crippen molar-refractivity contribution in [1.82, 2.24) is 4.98 Å². The fraction of sp³-hybridized carbons (Fsp3) is 0.471. The van der Waals surface area contributed by atoms with Gasteiger partial charge in [0.1, 0.15) is 5.75 Å². The van der Waals surface area contributed by atoms with E-state index >= 15 is 0 Å². The normalized spacial score (nSPS) is 19.4. The molecule has 1 unspecified atom stereocenters. The summed E-state index contributed by atoms with van der Waals surface area (Å²) in [6, 6.07) is 8.35. The number of aromatic nitrogens is 1. The summed E-state index contributed by atoms with van der Waals surface area (Å²) in [6.07, 6.45) is 2.61. The molecule has 2 aromatic rings. The van der Waals surface area contributed by atoms with Gasteiger partial charge in [0, 0.05) is 29.9 Å². The van der Waals surface area contributed by atoms with Crippen molar-refractivity contribution in [3.05, 3.63) is 30.0 Å². The number of anilines is 1. The highest BCUT2D eigenvalue weighted by molar-refractivity contribution is 5.93. The molecule has 3 rings (SSSR count). The van der Waals surface area contributed by atoms with E-state index in [0.29, 0.717) is 0 Å². The Balaban J connectivity index is 2.12. The van der Waals surface area contributed by atoms with E-state index in [9.17, 15) is 0 Å². The van der Waals surface area contributed by atoms with Gasteiger partial charge in [0.25, 0.3) is 0 Å². The molecule has 0 bridgehead atoms. The molecule has 1 atom stereocenters. The number of pyridine rings is 1. The van der Waals surface area contributed by atoms with Crippen LogP contribution in [0.15, 0.2) is 24.3 Å². The minimum atomic E-state index is 0.762. The van der Waals surface area contributed by atoms with Gasteiger partial charge in [-0.1, -0.05) is 6.92 Å². The number of hydrogen-bond donors (Lipinski definition) is 0. The third-order valence-corrected chi connectivity index (χ3v) is 4.12. The third-order valence-electron chi connectivity index (χ3n) is 4.12. The molecule has 3 nitrogen and oxygen atoms in total. The molecule has 1 aliphatic rings. The van der Waals surface area contributed by atoms with Gasteiger partial charge >= 0.3 is 0 Å². The fourth-order valence-corrected chi connectivity index (χ4v) is 3.11. The van der Waals surface area contributed by atoms with Crippen molar-refractivity contribution in [2.45, 2.75) is 26.7 Å². The lowest BCUT2D eigenvalue weighted by molar-refractivity contribution is 0.415. The lowest BCUT2D eigenvalue weighted by atomic mass is 9.99. The van der Waals surface area contributed by atoms with Crippen LogP contribution < -0.4 is 9.64 Å². The summed E-state index contributed by atoms with van der Waals surface area (Å²) < 4.78 is 5.37. The summed E-state index contributed by atoms with van der Waals surface area (Å²) in [5, 5.41) is 1.20. The fourth-order valence-electron chi connectivity index (χ4n) is 3.11. The van der Waals surface area contributed by atoms with Crippen molar-refractivity contribution < 1.29 is 4.74 Å².